The van der Waals surface area contributed by atoms with Gasteiger partial charge in [0.15, 0.2) is 0 Å². The lowest BCUT2D eigenvalue weighted by atomic mass is 9.91. The van der Waals surface area contributed by atoms with E-state index in [-0.39, 0.29) is 6.04 Å². The molecule has 0 radical (unpaired) electrons. The summed E-state index contributed by atoms with van der Waals surface area (Å²) in [7, 11) is 0. The normalized spacial score (nSPS) is 16.4. The van der Waals surface area contributed by atoms with Crippen LogP contribution in [0.4, 0.5) is 11.9 Å². The molecule has 1 saturated heterocycles. The Kier molecular flexibility index (Phi) is 6.05. The number of furan rings is 1. The van der Waals surface area contributed by atoms with Gasteiger partial charge in [-0.15, -0.1) is 0 Å². The van der Waals surface area contributed by atoms with Crippen LogP contribution in [0.2, 0.25) is 0 Å². The van der Waals surface area contributed by atoms with Crippen molar-refractivity contribution in [2.45, 2.75) is 39.3 Å². The van der Waals surface area contributed by atoms with Gasteiger partial charge in [-0.3, -0.25) is 0 Å². The van der Waals surface area contributed by atoms with E-state index in [1.807, 2.05) is 19.1 Å². The SMILES string of the molecule is CCOc1nc(NCc2ccco2)nc(NC(C)C2CCNCC2)n1. The van der Waals surface area contributed by atoms with Crippen LogP contribution in [0.5, 0.6) is 6.01 Å². The highest BCUT2D eigenvalue weighted by atomic mass is 16.5. The first-order valence-electron chi connectivity index (χ1n) is 8.87. The van der Waals surface area contributed by atoms with E-state index >= 15 is 0 Å². The molecule has 0 amide bonds. The van der Waals surface area contributed by atoms with Crippen molar-refractivity contribution in [2.75, 3.05) is 30.3 Å². The second kappa shape index (κ2) is 8.66. The third-order valence-corrected chi connectivity index (χ3v) is 4.34. The number of ether oxygens (including phenoxy) is 1. The smallest absolute Gasteiger partial charge is 0.323 e. The number of hydrogen-bond donors (Lipinski definition) is 3. The first-order valence-corrected chi connectivity index (χ1v) is 8.87. The molecule has 0 spiro atoms. The summed E-state index contributed by atoms with van der Waals surface area (Å²) >= 11 is 0. The van der Waals surface area contributed by atoms with Crippen LogP contribution in [0.15, 0.2) is 22.8 Å². The van der Waals surface area contributed by atoms with Crippen LogP contribution in [-0.2, 0) is 6.54 Å². The third-order valence-electron chi connectivity index (χ3n) is 4.34. The van der Waals surface area contributed by atoms with E-state index in [1.54, 1.807) is 6.26 Å². The summed E-state index contributed by atoms with van der Waals surface area (Å²) in [5.74, 6) is 2.42. The zero-order valence-electron chi connectivity index (χ0n) is 14.8. The molecule has 25 heavy (non-hydrogen) atoms. The molecule has 3 rings (SSSR count). The van der Waals surface area contributed by atoms with E-state index < -0.39 is 0 Å². The minimum atomic E-state index is 0.289. The maximum atomic E-state index is 5.48. The summed E-state index contributed by atoms with van der Waals surface area (Å²) in [6.07, 6.45) is 3.95. The van der Waals surface area contributed by atoms with Crippen molar-refractivity contribution in [3.05, 3.63) is 24.2 Å². The Hall–Kier alpha value is -2.35. The van der Waals surface area contributed by atoms with Gasteiger partial charge in [0.1, 0.15) is 5.76 Å². The van der Waals surface area contributed by atoms with Crippen molar-refractivity contribution in [1.82, 2.24) is 20.3 Å². The van der Waals surface area contributed by atoms with E-state index in [9.17, 15) is 0 Å². The highest BCUT2D eigenvalue weighted by Crippen LogP contribution is 2.20. The fourth-order valence-electron chi connectivity index (χ4n) is 2.94. The lowest BCUT2D eigenvalue weighted by molar-refractivity contribution is 0.311. The van der Waals surface area contributed by atoms with Gasteiger partial charge in [-0.2, -0.15) is 15.0 Å². The Balaban J connectivity index is 1.68. The monoisotopic (exact) mass is 346 g/mol. The van der Waals surface area contributed by atoms with Gasteiger partial charge in [-0.05, 0) is 57.8 Å². The maximum absolute atomic E-state index is 5.48. The van der Waals surface area contributed by atoms with Crippen molar-refractivity contribution >= 4 is 11.9 Å². The molecule has 1 aliphatic heterocycles. The van der Waals surface area contributed by atoms with Gasteiger partial charge in [0.05, 0.1) is 19.4 Å². The summed E-state index contributed by atoms with van der Waals surface area (Å²) in [5, 5.41) is 9.95. The van der Waals surface area contributed by atoms with Crippen LogP contribution in [0.1, 0.15) is 32.4 Å². The van der Waals surface area contributed by atoms with Gasteiger partial charge in [0.2, 0.25) is 11.9 Å². The Bertz CT molecular complexity index is 643. The standard InChI is InChI=1S/C17H26N6O2/c1-3-24-17-22-15(19-11-14-5-4-10-25-14)21-16(23-17)20-12(2)13-6-8-18-9-7-13/h4-5,10,12-13,18H,3,6-9,11H2,1-2H3,(H2,19,20,21,22,23). The molecule has 2 aromatic heterocycles. The van der Waals surface area contributed by atoms with E-state index in [1.165, 1.54) is 0 Å². The Labute approximate surface area is 147 Å². The van der Waals surface area contributed by atoms with Gasteiger partial charge in [0.25, 0.3) is 0 Å². The van der Waals surface area contributed by atoms with Crippen molar-refractivity contribution in [3.63, 3.8) is 0 Å². The molecule has 8 heteroatoms. The fourth-order valence-corrected chi connectivity index (χ4v) is 2.94. The van der Waals surface area contributed by atoms with Gasteiger partial charge >= 0.3 is 6.01 Å². The molecular weight excluding hydrogens is 320 g/mol. The van der Waals surface area contributed by atoms with Gasteiger partial charge in [-0.1, -0.05) is 0 Å². The second-order valence-electron chi connectivity index (χ2n) is 6.15. The average molecular weight is 346 g/mol. The molecule has 1 aliphatic rings. The van der Waals surface area contributed by atoms with Crippen LogP contribution in [-0.4, -0.2) is 40.7 Å². The molecule has 0 bridgehead atoms. The summed E-state index contributed by atoms with van der Waals surface area (Å²) < 4.78 is 10.8. The molecule has 3 N–H and O–H groups in total. The highest BCUT2D eigenvalue weighted by Gasteiger charge is 2.21. The molecule has 1 unspecified atom stereocenters. The fraction of sp³-hybridized carbons (Fsp3) is 0.588. The molecule has 1 fully saturated rings. The van der Waals surface area contributed by atoms with Gasteiger partial charge in [-0.25, -0.2) is 0 Å². The minimum absolute atomic E-state index is 0.289. The Morgan fingerprint density at radius 3 is 2.80 bits per heavy atom. The van der Waals surface area contributed by atoms with E-state index in [0.29, 0.717) is 37.0 Å². The molecule has 2 aromatic rings. The number of nitrogens with one attached hydrogen (secondary N) is 3. The largest absolute Gasteiger partial charge is 0.467 e. The summed E-state index contributed by atoms with van der Waals surface area (Å²) in [4.78, 5) is 13.1. The molecule has 8 nitrogen and oxygen atoms in total. The van der Waals surface area contributed by atoms with Crippen molar-refractivity contribution in [3.8, 4) is 6.01 Å². The summed E-state index contributed by atoms with van der Waals surface area (Å²) in [5.41, 5.74) is 0. The van der Waals surface area contributed by atoms with Gasteiger partial charge in [0, 0.05) is 6.04 Å². The van der Waals surface area contributed by atoms with Crippen LogP contribution in [0, 0.1) is 5.92 Å². The minimum Gasteiger partial charge on any atom is -0.467 e. The topological polar surface area (TPSA) is 97.1 Å². The number of hydrogen-bond acceptors (Lipinski definition) is 8. The Morgan fingerprint density at radius 1 is 1.28 bits per heavy atom. The average Bonchev–Trinajstić information content (AvgIpc) is 3.14. The van der Waals surface area contributed by atoms with Crippen LogP contribution in [0.25, 0.3) is 0 Å². The quantitative estimate of drug-likeness (QED) is 0.670. The maximum Gasteiger partial charge on any atom is 0.323 e. The number of rotatable bonds is 8. The van der Waals surface area contributed by atoms with E-state index in [0.717, 1.165) is 31.7 Å². The lowest BCUT2D eigenvalue weighted by Crippen LogP contribution is -2.36. The Morgan fingerprint density at radius 2 is 2.08 bits per heavy atom. The van der Waals surface area contributed by atoms with Crippen LogP contribution in [0.3, 0.4) is 0 Å². The van der Waals surface area contributed by atoms with Gasteiger partial charge < -0.3 is 25.1 Å². The first-order chi connectivity index (χ1) is 12.2. The van der Waals surface area contributed by atoms with Crippen LogP contribution >= 0.6 is 0 Å². The summed E-state index contributed by atoms with van der Waals surface area (Å²) in [6.45, 7) is 7.22. The number of piperidine rings is 1. The molecule has 3 heterocycles. The zero-order chi connectivity index (χ0) is 17.5. The number of aromatic nitrogens is 3. The van der Waals surface area contributed by atoms with Crippen LogP contribution < -0.4 is 20.7 Å². The predicted octanol–water partition coefficient (Wildman–Crippen LogP) is 2.28. The molecule has 136 valence electrons. The molecule has 0 aliphatic carbocycles. The van der Waals surface area contributed by atoms with Crippen molar-refractivity contribution in [1.29, 1.82) is 0 Å². The molecule has 1 atom stereocenters. The number of nitrogens with zero attached hydrogens (tertiary/aromatic N) is 3. The predicted molar refractivity (Wildman–Crippen MR) is 95.7 cm³/mol. The first kappa shape index (κ1) is 17.5. The summed E-state index contributed by atoms with van der Waals surface area (Å²) in [6, 6.07) is 4.36. The third kappa shape index (κ3) is 5.06. The second-order valence-corrected chi connectivity index (χ2v) is 6.15. The van der Waals surface area contributed by atoms with Crippen molar-refractivity contribution < 1.29 is 9.15 Å². The lowest BCUT2D eigenvalue weighted by Gasteiger charge is -2.28. The van der Waals surface area contributed by atoms with E-state index in [2.05, 4.69) is 37.8 Å². The molecule has 0 saturated carbocycles. The molecular formula is C17H26N6O2. The number of anilines is 2. The zero-order valence-corrected chi connectivity index (χ0v) is 14.8. The van der Waals surface area contributed by atoms with Crippen molar-refractivity contribution in [2.24, 2.45) is 5.92 Å². The highest BCUT2D eigenvalue weighted by molar-refractivity contribution is 5.37. The van der Waals surface area contributed by atoms with E-state index in [4.69, 9.17) is 9.15 Å². The molecule has 0 aromatic carbocycles.